The molecule has 0 spiro atoms. The highest BCUT2D eigenvalue weighted by Gasteiger charge is 2.47. The third-order valence-electron chi connectivity index (χ3n) is 4.16. The maximum absolute atomic E-state index is 12.0. The SMILES string of the molecule is Cc1cccnc1CNC(=O)C1CC2CC2C1. The first-order chi connectivity index (χ1) is 8.24. The Kier molecular flexibility index (Phi) is 2.61. The van der Waals surface area contributed by atoms with Crippen molar-refractivity contribution in [2.75, 3.05) is 0 Å². The Morgan fingerprint density at radius 2 is 2.18 bits per heavy atom. The summed E-state index contributed by atoms with van der Waals surface area (Å²) in [6.07, 6.45) is 5.36. The van der Waals surface area contributed by atoms with Crippen molar-refractivity contribution in [1.82, 2.24) is 10.3 Å². The van der Waals surface area contributed by atoms with Crippen molar-refractivity contribution >= 4 is 5.91 Å². The van der Waals surface area contributed by atoms with E-state index in [0.29, 0.717) is 6.54 Å². The Morgan fingerprint density at radius 3 is 2.88 bits per heavy atom. The average molecular weight is 230 g/mol. The fourth-order valence-electron chi connectivity index (χ4n) is 2.95. The quantitative estimate of drug-likeness (QED) is 0.863. The van der Waals surface area contributed by atoms with Gasteiger partial charge in [-0.05, 0) is 49.7 Å². The third kappa shape index (κ3) is 2.19. The van der Waals surface area contributed by atoms with Crippen molar-refractivity contribution in [1.29, 1.82) is 0 Å². The second kappa shape index (κ2) is 4.13. The van der Waals surface area contributed by atoms with E-state index >= 15 is 0 Å². The lowest BCUT2D eigenvalue weighted by Crippen LogP contribution is -2.30. The summed E-state index contributed by atoms with van der Waals surface area (Å²) in [5, 5.41) is 3.02. The van der Waals surface area contributed by atoms with Gasteiger partial charge in [0.25, 0.3) is 0 Å². The van der Waals surface area contributed by atoms with E-state index in [1.165, 1.54) is 6.42 Å². The van der Waals surface area contributed by atoms with Crippen LogP contribution in [0.2, 0.25) is 0 Å². The van der Waals surface area contributed by atoms with Gasteiger partial charge in [0.15, 0.2) is 0 Å². The monoisotopic (exact) mass is 230 g/mol. The highest BCUT2D eigenvalue weighted by molar-refractivity contribution is 5.79. The normalized spacial score (nSPS) is 29.8. The van der Waals surface area contributed by atoms with Crippen molar-refractivity contribution in [3.8, 4) is 0 Å². The summed E-state index contributed by atoms with van der Waals surface area (Å²) >= 11 is 0. The van der Waals surface area contributed by atoms with Crippen LogP contribution in [0.4, 0.5) is 0 Å². The third-order valence-corrected chi connectivity index (χ3v) is 4.16. The number of aromatic nitrogens is 1. The fourth-order valence-corrected chi connectivity index (χ4v) is 2.95. The maximum Gasteiger partial charge on any atom is 0.223 e. The minimum atomic E-state index is 0.224. The Morgan fingerprint density at radius 1 is 1.41 bits per heavy atom. The molecule has 0 bridgehead atoms. The number of rotatable bonds is 3. The van der Waals surface area contributed by atoms with Crippen LogP contribution in [0.5, 0.6) is 0 Å². The molecule has 1 aromatic heterocycles. The predicted octanol–water partition coefficient (Wildman–Crippen LogP) is 2.05. The van der Waals surface area contributed by atoms with Crippen LogP contribution in [-0.2, 0) is 11.3 Å². The van der Waals surface area contributed by atoms with Gasteiger partial charge in [0.2, 0.25) is 5.91 Å². The summed E-state index contributed by atoms with van der Waals surface area (Å²) in [4.78, 5) is 16.2. The molecule has 1 amide bonds. The first kappa shape index (κ1) is 10.8. The van der Waals surface area contributed by atoms with Gasteiger partial charge in [-0.25, -0.2) is 0 Å². The van der Waals surface area contributed by atoms with Crippen LogP contribution < -0.4 is 5.32 Å². The summed E-state index contributed by atoms with van der Waals surface area (Å²) in [7, 11) is 0. The lowest BCUT2D eigenvalue weighted by atomic mass is 10.0. The second-order valence-corrected chi connectivity index (χ2v) is 5.41. The van der Waals surface area contributed by atoms with Gasteiger partial charge in [0.1, 0.15) is 0 Å². The number of hydrogen-bond donors (Lipinski definition) is 1. The topological polar surface area (TPSA) is 42.0 Å². The van der Waals surface area contributed by atoms with Crippen LogP contribution in [0.25, 0.3) is 0 Å². The molecule has 2 aliphatic rings. The molecule has 1 N–H and O–H groups in total. The van der Waals surface area contributed by atoms with E-state index in [0.717, 1.165) is 35.9 Å². The van der Waals surface area contributed by atoms with Crippen LogP contribution in [-0.4, -0.2) is 10.9 Å². The number of hydrogen-bond acceptors (Lipinski definition) is 2. The number of pyridine rings is 1. The molecule has 2 saturated carbocycles. The molecule has 3 nitrogen and oxygen atoms in total. The van der Waals surface area contributed by atoms with Gasteiger partial charge < -0.3 is 5.32 Å². The lowest BCUT2D eigenvalue weighted by Gasteiger charge is -2.12. The fraction of sp³-hybridized carbons (Fsp3) is 0.571. The molecule has 2 fully saturated rings. The summed E-state index contributed by atoms with van der Waals surface area (Å²) in [6.45, 7) is 2.59. The van der Waals surface area contributed by atoms with Crippen LogP contribution in [0.1, 0.15) is 30.5 Å². The zero-order valence-electron chi connectivity index (χ0n) is 10.1. The van der Waals surface area contributed by atoms with Crippen LogP contribution in [0.15, 0.2) is 18.3 Å². The summed E-state index contributed by atoms with van der Waals surface area (Å²) < 4.78 is 0. The smallest absolute Gasteiger partial charge is 0.223 e. The van der Waals surface area contributed by atoms with E-state index < -0.39 is 0 Å². The molecule has 2 aliphatic carbocycles. The van der Waals surface area contributed by atoms with Gasteiger partial charge in [-0.15, -0.1) is 0 Å². The molecule has 0 aliphatic heterocycles. The Labute approximate surface area is 102 Å². The zero-order valence-corrected chi connectivity index (χ0v) is 10.1. The number of aryl methyl sites for hydroxylation is 1. The molecule has 0 radical (unpaired) electrons. The van der Waals surface area contributed by atoms with E-state index in [1.807, 2.05) is 19.1 Å². The second-order valence-electron chi connectivity index (χ2n) is 5.41. The van der Waals surface area contributed by atoms with Crippen molar-refractivity contribution in [3.05, 3.63) is 29.6 Å². The minimum absolute atomic E-state index is 0.224. The molecule has 3 heteroatoms. The van der Waals surface area contributed by atoms with Crippen LogP contribution >= 0.6 is 0 Å². The highest BCUT2D eigenvalue weighted by Crippen LogP contribution is 2.54. The van der Waals surface area contributed by atoms with Crippen LogP contribution in [0, 0.1) is 24.7 Å². The van der Waals surface area contributed by atoms with Gasteiger partial charge in [-0.3, -0.25) is 9.78 Å². The Hall–Kier alpha value is -1.38. The molecule has 3 rings (SSSR count). The molecule has 2 atom stereocenters. The number of carbonyl (C=O) groups is 1. The maximum atomic E-state index is 12.0. The molecule has 1 heterocycles. The molecule has 2 unspecified atom stereocenters. The van der Waals surface area contributed by atoms with E-state index in [-0.39, 0.29) is 11.8 Å². The Bertz CT molecular complexity index is 434. The molecular formula is C14H18N2O. The standard InChI is InChI=1S/C14H18N2O/c1-9-3-2-4-15-13(9)8-16-14(17)12-6-10-5-11(10)7-12/h2-4,10-12H,5-8H2,1H3,(H,16,17). The first-order valence-corrected chi connectivity index (χ1v) is 6.42. The Balaban J connectivity index is 1.54. The van der Waals surface area contributed by atoms with Crippen molar-refractivity contribution in [2.45, 2.75) is 32.7 Å². The summed E-state index contributed by atoms with van der Waals surface area (Å²) in [5.41, 5.74) is 2.12. The predicted molar refractivity (Wildman–Crippen MR) is 65.1 cm³/mol. The van der Waals surface area contributed by atoms with Crippen molar-refractivity contribution in [3.63, 3.8) is 0 Å². The zero-order chi connectivity index (χ0) is 11.8. The average Bonchev–Trinajstić information content (AvgIpc) is 2.95. The van der Waals surface area contributed by atoms with E-state index in [9.17, 15) is 4.79 Å². The number of amides is 1. The molecule has 90 valence electrons. The molecule has 17 heavy (non-hydrogen) atoms. The van der Waals surface area contributed by atoms with Crippen LogP contribution in [0.3, 0.4) is 0 Å². The van der Waals surface area contributed by atoms with Gasteiger partial charge >= 0.3 is 0 Å². The van der Waals surface area contributed by atoms with Gasteiger partial charge in [0.05, 0.1) is 12.2 Å². The lowest BCUT2D eigenvalue weighted by molar-refractivity contribution is -0.125. The van der Waals surface area contributed by atoms with Crippen molar-refractivity contribution < 1.29 is 4.79 Å². The number of fused-ring (bicyclic) bond motifs is 1. The van der Waals surface area contributed by atoms with Gasteiger partial charge in [-0.1, -0.05) is 6.07 Å². The molecular weight excluding hydrogens is 212 g/mol. The molecule has 1 aromatic rings. The largest absolute Gasteiger partial charge is 0.350 e. The van der Waals surface area contributed by atoms with Gasteiger partial charge in [0, 0.05) is 12.1 Å². The summed E-state index contributed by atoms with van der Waals surface area (Å²) in [5.74, 6) is 2.22. The number of carbonyl (C=O) groups excluding carboxylic acids is 1. The summed E-state index contributed by atoms with van der Waals surface area (Å²) in [6, 6.07) is 3.95. The first-order valence-electron chi connectivity index (χ1n) is 6.42. The van der Waals surface area contributed by atoms with E-state index in [2.05, 4.69) is 10.3 Å². The number of nitrogens with zero attached hydrogens (tertiary/aromatic N) is 1. The van der Waals surface area contributed by atoms with E-state index in [4.69, 9.17) is 0 Å². The highest BCUT2D eigenvalue weighted by atomic mass is 16.1. The molecule has 0 aromatic carbocycles. The van der Waals surface area contributed by atoms with Crippen molar-refractivity contribution in [2.24, 2.45) is 17.8 Å². The van der Waals surface area contributed by atoms with E-state index in [1.54, 1.807) is 6.20 Å². The minimum Gasteiger partial charge on any atom is -0.350 e. The van der Waals surface area contributed by atoms with Gasteiger partial charge in [-0.2, -0.15) is 0 Å². The number of nitrogens with one attached hydrogen (secondary N) is 1. The molecule has 0 saturated heterocycles.